The fraction of sp³-hybridized carbons (Fsp3) is 0.385. The Labute approximate surface area is 157 Å². The van der Waals surface area contributed by atoms with E-state index in [1.54, 1.807) is 6.92 Å². The highest BCUT2D eigenvalue weighted by Crippen LogP contribution is 2.37. The lowest BCUT2D eigenvalue weighted by atomic mass is 10.1. The Hall–Kier alpha value is -2.54. The minimum Gasteiger partial charge on any atom is -0.433 e. The Kier molecular flexibility index (Phi) is 6.49. The molecule has 0 aliphatic carbocycles. The van der Waals surface area contributed by atoms with Crippen molar-refractivity contribution in [3.05, 3.63) is 22.7 Å². The van der Waals surface area contributed by atoms with Gasteiger partial charge in [-0.05, 0) is 29.0 Å². The predicted molar refractivity (Wildman–Crippen MR) is 92.5 cm³/mol. The number of ether oxygens (including phenoxy) is 1. The Balaban J connectivity index is 2.43. The molecule has 1 aromatic carbocycles. The Morgan fingerprint density at radius 3 is 2.67 bits per heavy atom. The number of carbonyl (C=O) groups is 1. The molecule has 1 amide bonds. The zero-order chi connectivity index (χ0) is 20.2. The second-order valence-electron chi connectivity index (χ2n) is 5.18. The molecule has 0 saturated carbocycles. The molecule has 27 heavy (non-hydrogen) atoms. The Morgan fingerprint density at radius 1 is 1.41 bits per heavy atom. The third-order valence-corrected chi connectivity index (χ3v) is 4.99. The van der Waals surface area contributed by atoms with Crippen LogP contribution in [0, 0.1) is 0 Å². The molecule has 0 atom stereocenters. The van der Waals surface area contributed by atoms with E-state index < -0.39 is 39.0 Å². The van der Waals surface area contributed by atoms with E-state index in [9.17, 15) is 22.0 Å². The molecule has 0 saturated heterocycles. The molecule has 0 aliphatic rings. The topological polar surface area (TPSA) is 128 Å². The van der Waals surface area contributed by atoms with Crippen molar-refractivity contribution in [2.75, 3.05) is 15.8 Å². The number of nitrogens with one attached hydrogen (secondary N) is 2. The number of anilines is 2. The second kappa shape index (κ2) is 8.43. The van der Waals surface area contributed by atoms with Crippen LogP contribution in [0.1, 0.15) is 23.7 Å². The van der Waals surface area contributed by atoms with Gasteiger partial charge in [-0.1, -0.05) is 23.6 Å². The summed E-state index contributed by atoms with van der Waals surface area (Å²) in [7, 11) is -2.42. The Morgan fingerprint density at radius 2 is 2.11 bits per heavy atom. The van der Waals surface area contributed by atoms with Gasteiger partial charge in [0, 0.05) is 7.05 Å². The molecule has 0 fully saturated rings. The van der Waals surface area contributed by atoms with Gasteiger partial charge in [-0.25, -0.2) is 13.1 Å². The maximum absolute atomic E-state index is 12.6. The van der Waals surface area contributed by atoms with E-state index in [0.717, 1.165) is 12.1 Å². The number of hydrogen-bond donors (Lipinski definition) is 2. The number of amides is 1. The molecule has 2 N–H and O–H groups in total. The second-order valence-corrected chi connectivity index (χ2v) is 7.40. The van der Waals surface area contributed by atoms with Crippen LogP contribution in [0.15, 0.2) is 12.1 Å². The molecule has 10 nitrogen and oxygen atoms in total. The quantitative estimate of drug-likeness (QED) is 0.661. The van der Waals surface area contributed by atoms with Gasteiger partial charge in [-0.15, -0.1) is 0 Å². The molecule has 148 valence electrons. The van der Waals surface area contributed by atoms with Crippen molar-refractivity contribution in [1.29, 1.82) is 0 Å². The first kappa shape index (κ1) is 20.8. The van der Waals surface area contributed by atoms with Crippen LogP contribution in [0.3, 0.4) is 0 Å². The molecule has 0 spiro atoms. The number of carbonyl (C=O) groups excluding carboxylic acids is 1. The van der Waals surface area contributed by atoms with Gasteiger partial charge in [0.1, 0.15) is 5.69 Å². The van der Waals surface area contributed by atoms with Crippen molar-refractivity contribution in [3.63, 3.8) is 0 Å². The van der Waals surface area contributed by atoms with Crippen molar-refractivity contribution >= 4 is 39.2 Å². The highest BCUT2D eigenvalue weighted by molar-refractivity contribution is 7.92. The van der Waals surface area contributed by atoms with E-state index in [4.69, 9.17) is 11.6 Å². The maximum atomic E-state index is 12.6. The van der Waals surface area contributed by atoms with Crippen LogP contribution in [0.4, 0.5) is 20.4 Å². The smallest absolute Gasteiger partial charge is 0.387 e. The number of alkyl halides is 2. The number of aromatic nitrogens is 4. The molecule has 0 aliphatic heterocycles. The van der Waals surface area contributed by atoms with Crippen molar-refractivity contribution in [2.24, 2.45) is 7.05 Å². The van der Waals surface area contributed by atoms with Crippen molar-refractivity contribution in [1.82, 2.24) is 20.2 Å². The minimum absolute atomic E-state index is 0.00270. The first-order valence-corrected chi connectivity index (χ1v) is 9.49. The largest absolute Gasteiger partial charge is 0.433 e. The number of halogens is 3. The summed E-state index contributed by atoms with van der Waals surface area (Å²) in [5.41, 5.74) is -0.662. The van der Waals surface area contributed by atoms with Crippen LogP contribution in [-0.4, -0.2) is 46.9 Å². The van der Waals surface area contributed by atoms with Gasteiger partial charge in [0.05, 0.1) is 16.3 Å². The molecule has 14 heteroatoms. The van der Waals surface area contributed by atoms with E-state index >= 15 is 0 Å². The van der Waals surface area contributed by atoms with Crippen molar-refractivity contribution < 1.29 is 26.7 Å². The third-order valence-electron chi connectivity index (χ3n) is 3.14. The van der Waals surface area contributed by atoms with E-state index in [0.29, 0.717) is 0 Å². The van der Waals surface area contributed by atoms with Crippen LogP contribution in [0.25, 0.3) is 0 Å². The van der Waals surface area contributed by atoms with E-state index in [-0.39, 0.29) is 23.7 Å². The monoisotopic (exact) mass is 424 g/mol. The maximum Gasteiger partial charge on any atom is 0.387 e. The summed E-state index contributed by atoms with van der Waals surface area (Å²) in [5.74, 6) is -1.58. The molecule has 2 aromatic rings. The van der Waals surface area contributed by atoms with E-state index in [1.165, 1.54) is 11.7 Å². The molecular formula is C13H15ClF2N6O4S. The lowest BCUT2D eigenvalue weighted by Gasteiger charge is -2.16. The lowest BCUT2D eigenvalue weighted by molar-refractivity contribution is -0.0493. The summed E-state index contributed by atoms with van der Waals surface area (Å²) in [5, 5.41) is 12.4. The summed E-state index contributed by atoms with van der Waals surface area (Å²) in [6.07, 6.45) is 0.275. The van der Waals surface area contributed by atoms with Crippen LogP contribution < -0.4 is 14.8 Å². The van der Waals surface area contributed by atoms with Gasteiger partial charge in [0.25, 0.3) is 5.91 Å². The molecule has 0 radical (unpaired) electrons. The lowest BCUT2D eigenvalue weighted by Crippen LogP contribution is -2.20. The molecule has 0 unspecified atom stereocenters. The fourth-order valence-corrected chi connectivity index (χ4v) is 3.50. The summed E-state index contributed by atoms with van der Waals surface area (Å²) in [6.45, 7) is -1.60. The average Bonchev–Trinajstić information content (AvgIpc) is 2.95. The minimum atomic E-state index is -3.89. The van der Waals surface area contributed by atoms with Crippen LogP contribution in [-0.2, 0) is 17.1 Å². The molecule has 1 heterocycles. The number of nitrogens with zero attached hydrogens (tertiary/aromatic N) is 4. The van der Waals surface area contributed by atoms with Gasteiger partial charge in [0.2, 0.25) is 16.0 Å². The fourth-order valence-electron chi connectivity index (χ4n) is 2.00. The predicted octanol–water partition coefficient (Wildman–Crippen LogP) is 1.87. The van der Waals surface area contributed by atoms with Crippen LogP contribution in [0.5, 0.6) is 5.75 Å². The number of tetrazole rings is 1. The Bertz CT molecular complexity index is 937. The van der Waals surface area contributed by atoms with Gasteiger partial charge in [-0.3, -0.25) is 14.8 Å². The molecule has 1 aromatic heterocycles. The SMILES string of the molecule is CCCS(=O)(=O)Nc1c(OC(F)F)ccc(C(=O)Nc2nnnn2C)c1Cl. The van der Waals surface area contributed by atoms with Crippen molar-refractivity contribution in [3.8, 4) is 5.75 Å². The van der Waals surface area contributed by atoms with Gasteiger partial charge >= 0.3 is 6.61 Å². The first-order chi connectivity index (χ1) is 12.6. The van der Waals surface area contributed by atoms with Gasteiger partial charge in [-0.2, -0.15) is 8.78 Å². The molecular weight excluding hydrogens is 410 g/mol. The first-order valence-electron chi connectivity index (χ1n) is 7.46. The number of rotatable bonds is 8. The number of hydrogen-bond acceptors (Lipinski definition) is 7. The zero-order valence-electron chi connectivity index (χ0n) is 14.1. The molecule has 0 bridgehead atoms. The highest BCUT2D eigenvalue weighted by atomic mass is 35.5. The van der Waals surface area contributed by atoms with E-state index in [2.05, 4.69) is 30.3 Å². The van der Waals surface area contributed by atoms with Gasteiger partial charge in [0.15, 0.2) is 5.75 Å². The summed E-state index contributed by atoms with van der Waals surface area (Å²) in [6, 6.07) is 2.11. The highest BCUT2D eigenvalue weighted by Gasteiger charge is 2.23. The molecule has 2 rings (SSSR count). The normalized spacial score (nSPS) is 11.5. The third kappa shape index (κ3) is 5.23. The van der Waals surface area contributed by atoms with E-state index in [1.807, 2.05) is 0 Å². The van der Waals surface area contributed by atoms with Crippen LogP contribution in [0.2, 0.25) is 5.02 Å². The number of sulfonamides is 1. The zero-order valence-corrected chi connectivity index (χ0v) is 15.7. The van der Waals surface area contributed by atoms with Crippen molar-refractivity contribution in [2.45, 2.75) is 20.0 Å². The van der Waals surface area contributed by atoms with Crippen LogP contribution >= 0.6 is 11.6 Å². The summed E-state index contributed by atoms with van der Waals surface area (Å²) in [4.78, 5) is 12.4. The number of aryl methyl sites for hydroxylation is 1. The average molecular weight is 425 g/mol. The van der Waals surface area contributed by atoms with Gasteiger partial charge < -0.3 is 4.74 Å². The standard InChI is InChI=1S/C13H15ClF2N6O4S/c1-3-6-27(24,25)19-10-8(26-12(15)16)5-4-7(9(10)14)11(23)17-13-18-20-21-22(13)2/h4-5,12,19H,3,6H2,1-2H3,(H,17,18,21,23). The number of benzene rings is 1. The summed E-state index contributed by atoms with van der Waals surface area (Å²) < 4.78 is 56.9. The summed E-state index contributed by atoms with van der Waals surface area (Å²) >= 11 is 6.11.